The summed E-state index contributed by atoms with van der Waals surface area (Å²) in [6.45, 7) is -0.580. The lowest BCUT2D eigenvalue weighted by atomic mass is 10.1. The van der Waals surface area contributed by atoms with Gasteiger partial charge in [-0.15, -0.1) is 0 Å². The minimum absolute atomic E-state index is 0.0976. The molecule has 1 amide bonds. The molecule has 0 aromatic heterocycles. The Morgan fingerprint density at radius 3 is 2.95 bits per heavy atom. The molecular weight excluding hydrogens is 254 g/mol. The quantitative estimate of drug-likeness (QED) is 0.855. The summed E-state index contributed by atoms with van der Waals surface area (Å²) in [6.07, 6.45) is 1.01. The molecule has 0 bridgehead atoms. The van der Waals surface area contributed by atoms with E-state index in [-0.39, 0.29) is 17.2 Å². The van der Waals surface area contributed by atoms with E-state index in [1.54, 1.807) is 12.1 Å². The van der Waals surface area contributed by atoms with Gasteiger partial charge in [-0.05, 0) is 37.6 Å². The van der Waals surface area contributed by atoms with Crippen molar-refractivity contribution in [3.8, 4) is 5.75 Å². The largest absolute Gasteiger partial charge is 0.434 e. The Labute approximate surface area is 110 Å². The number of ether oxygens (including phenoxy) is 1. The second kappa shape index (κ2) is 6.47. The fraction of sp³-hybridized carbons (Fsp3) is 0.462. The average Bonchev–Trinajstić information content (AvgIpc) is 2.89. The van der Waals surface area contributed by atoms with Crippen LogP contribution >= 0.6 is 0 Å². The zero-order valence-electron chi connectivity index (χ0n) is 10.4. The summed E-state index contributed by atoms with van der Waals surface area (Å²) in [4.78, 5) is 11.9. The molecule has 0 saturated carbocycles. The predicted molar refractivity (Wildman–Crippen MR) is 66.4 cm³/mol. The third-order valence-electron chi connectivity index (χ3n) is 3.06. The molecule has 1 atom stereocenters. The van der Waals surface area contributed by atoms with Crippen molar-refractivity contribution in [2.75, 3.05) is 19.6 Å². The van der Waals surface area contributed by atoms with E-state index < -0.39 is 6.61 Å². The first-order chi connectivity index (χ1) is 9.16. The summed E-state index contributed by atoms with van der Waals surface area (Å²) in [5.74, 6) is -0.0881. The van der Waals surface area contributed by atoms with E-state index in [9.17, 15) is 13.6 Å². The van der Waals surface area contributed by atoms with E-state index in [4.69, 9.17) is 0 Å². The molecule has 2 rings (SSSR count). The number of hydrogen-bond donors (Lipinski definition) is 2. The number of nitrogens with one attached hydrogen (secondary N) is 2. The Balaban J connectivity index is 1.97. The standard InChI is InChI=1S/C13H16F2N2O2/c14-13(15)19-11-4-2-1-3-10(11)12(18)17-8-9-5-6-16-7-9/h1-4,9,13,16H,5-8H2,(H,17,18). The van der Waals surface area contributed by atoms with Gasteiger partial charge in [-0.25, -0.2) is 0 Å². The fourth-order valence-corrected chi connectivity index (χ4v) is 2.07. The van der Waals surface area contributed by atoms with Gasteiger partial charge in [0.15, 0.2) is 0 Å². The average molecular weight is 270 g/mol. The van der Waals surface area contributed by atoms with Crippen LogP contribution in [0.25, 0.3) is 0 Å². The van der Waals surface area contributed by atoms with Crippen molar-refractivity contribution < 1.29 is 18.3 Å². The van der Waals surface area contributed by atoms with Gasteiger partial charge >= 0.3 is 6.61 Å². The number of para-hydroxylation sites is 1. The number of amides is 1. The predicted octanol–water partition coefficient (Wildman–Crippen LogP) is 1.63. The van der Waals surface area contributed by atoms with Crippen LogP contribution in [0, 0.1) is 5.92 Å². The monoisotopic (exact) mass is 270 g/mol. The van der Waals surface area contributed by atoms with E-state index in [2.05, 4.69) is 15.4 Å². The summed E-state index contributed by atoms with van der Waals surface area (Å²) in [5, 5.41) is 5.95. The van der Waals surface area contributed by atoms with Crippen LogP contribution in [0.1, 0.15) is 16.8 Å². The number of alkyl halides is 2. The lowest BCUT2D eigenvalue weighted by Gasteiger charge is -2.13. The van der Waals surface area contributed by atoms with E-state index in [1.807, 2.05) is 0 Å². The number of carbonyl (C=O) groups excluding carboxylic acids is 1. The van der Waals surface area contributed by atoms with Gasteiger partial charge in [0.05, 0.1) is 5.56 Å². The van der Waals surface area contributed by atoms with E-state index in [0.717, 1.165) is 19.5 Å². The maximum atomic E-state index is 12.2. The molecule has 2 N–H and O–H groups in total. The van der Waals surface area contributed by atoms with E-state index >= 15 is 0 Å². The normalized spacial score (nSPS) is 18.6. The van der Waals surface area contributed by atoms with Gasteiger partial charge in [0.2, 0.25) is 0 Å². The zero-order chi connectivity index (χ0) is 13.7. The van der Waals surface area contributed by atoms with Gasteiger partial charge in [0, 0.05) is 6.54 Å². The molecule has 104 valence electrons. The lowest BCUT2D eigenvalue weighted by molar-refractivity contribution is -0.0501. The molecule has 0 spiro atoms. The second-order valence-electron chi connectivity index (χ2n) is 4.44. The molecule has 1 aliphatic heterocycles. The molecule has 0 aliphatic carbocycles. The number of halogens is 2. The maximum absolute atomic E-state index is 12.2. The molecule has 1 fully saturated rings. The summed E-state index contributed by atoms with van der Waals surface area (Å²) in [7, 11) is 0. The summed E-state index contributed by atoms with van der Waals surface area (Å²) in [6, 6.07) is 6.00. The molecular formula is C13H16F2N2O2. The molecule has 1 heterocycles. The molecule has 1 aromatic carbocycles. The number of benzene rings is 1. The lowest BCUT2D eigenvalue weighted by Crippen LogP contribution is -2.30. The van der Waals surface area contributed by atoms with Gasteiger partial charge in [-0.1, -0.05) is 12.1 Å². The van der Waals surface area contributed by atoms with Gasteiger partial charge in [-0.2, -0.15) is 8.78 Å². The minimum atomic E-state index is -2.94. The van der Waals surface area contributed by atoms with Crippen LogP contribution in [-0.2, 0) is 0 Å². The van der Waals surface area contributed by atoms with Crippen LogP contribution in [0.5, 0.6) is 5.75 Å². The third-order valence-corrected chi connectivity index (χ3v) is 3.06. The zero-order valence-corrected chi connectivity index (χ0v) is 10.4. The van der Waals surface area contributed by atoms with Crippen LogP contribution in [-0.4, -0.2) is 32.2 Å². The fourth-order valence-electron chi connectivity index (χ4n) is 2.07. The molecule has 0 radical (unpaired) electrons. The maximum Gasteiger partial charge on any atom is 0.387 e. The molecule has 19 heavy (non-hydrogen) atoms. The summed E-state index contributed by atoms with van der Waals surface area (Å²) < 4.78 is 28.8. The Kier molecular flexibility index (Phi) is 4.68. The van der Waals surface area contributed by atoms with Crippen molar-refractivity contribution in [3.05, 3.63) is 29.8 Å². The number of rotatable bonds is 5. The minimum Gasteiger partial charge on any atom is -0.434 e. The number of hydrogen-bond acceptors (Lipinski definition) is 3. The molecule has 1 aliphatic rings. The van der Waals surface area contributed by atoms with Gasteiger partial charge in [0.1, 0.15) is 5.75 Å². The molecule has 1 aromatic rings. The van der Waals surface area contributed by atoms with Crippen molar-refractivity contribution in [1.82, 2.24) is 10.6 Å². The first-order valence-corrected chi connectivity index (χ1v) is 6.19. The highest BCUT2D eigenvalue weighted by molar-refractivity contribution is 5.96. The molecule has 6 heteroatoms. The van der Waals surface area contributed by atoms with Crippen molar-refractivity contribution in [1.29, 1.82) is 0 Å². The highest BCUT2D eigenvalue weighted by Crippen LogP contribution is 2.20. The van der Waals surface area contributed by atoms with Gasteiger partial charge in [-0.3, -0.25) is 4.79 Å². The second-order valence-corrected chi connectivity index (χ2v) is 4.44. The van der Waals surface area contributed by atoms with Crippen molar-refractivity contribution in [3.63, 3.8) is 0 Å². The summed E-state index contributed by atoms with van der Waals surface area (Å²) >= 11 is 0. The van der Waals surface area contributed by atoms with Crippen LogP contribution in [0.15, 0.2) is 24.3 Å². The van der Waals surface area contributed by atoms with Crippen LogP contribution < -0.4 is 15.4 Å². The van der Waals surface area contributed by atoms with E-state index in [0.29, 0.717) is 12.5 Å². The van der Waals surface area contributed by atoms with Gasteiger partial charge < -0.3 is 15.4 Å². The van der Waals surface area contributed by atoms with Crippen LogP contribution in [0.4, 0.5) is 8.78 Å². The Hall–Kier alpha value is -1.69. The number of carbonyl (C=O) groups is 1. The first kappa shape index (κ1) is 13.7. The van der Waals surface area contributed by atoms with Gasteiger partial charge in [0.25, 0.3) is 5.91 Å². The molecule has 1 unspecified atom stereocenters. The Morgan fingerprint density at radius 2 is 2.26 bits per heavy atom. The Bertz CT molecular complexity index is 434. The SMILES string of the molecule is O=C(NCC1CCNC1)c1ccccc1OC(F)F. The first-order valence-electron chi connectivity index (χ1n) is 6.19. The van der Waals surface area contributed by atoms with E-state index in [1.165, 1.54) is 12.1 Å². The van der Waals surface area contributed by atoms with Crippen molar-refractivity contribution in [2.24, 2.45) is 5.92 Å². The van der Waals surface area contributed by atoms with Crippen molar-refractivity contribution >= 4 is 5.91 Å². The highest BCUT2D eigenvalue weighted by Gasteiger charge is 2.18. The molecule has 1 saturated heterocycles. The van der Waals surface area contributed by atoms with Crippen LogP contribution in [0.3, 0.4) is 0 Å². The molecule has 4 nitrogen and oxygen atoms in total. The third kappa shape index (κ3) is 3.89. The Morgan fingerprint density at radius 1 is 1.47 bits per heavy atom. The summed E-state index contributed by atoms with van der Waals surface area (Å²) in [5.41, 5.74) is 0.133. The smallest absolute Gasteiger partial charge is 0.387 e. The van der Waals surface area contributed by atoms with Crippen LogP contribution in [0.2, 0.25) is 0 Å². The van der Waals surface area contributed by atoms with Crippen molar-refractivity contribution in [2.45, 2.75) is 13.0 Å². The highest BCUT2D eigenvalue weighted by atomic mass is 19.3. The topological polar surface area (TPSA) is 50.4 Å².